The van der Waals surface area contributed by atoms with Crippen LogP contribution in [0.4, 0.5) is 0 Å². The molecule has 4 heteroatoms. The average Bonchev–Trinajstić information content (AvgIpc) is 2.99. The molecule has 0 aromatic carbocycles. The van der Waals surface area contributed by atoms with E-state index in [-0.39, 0.29) is 24.0 Å². The van der Waals surface area contributed by atoms with E-state index in [0.29, 0.717) is 18.4 Å². The summed E-state index contributed by atoms with van der Waals surface area (Å²) in [6.45, 7) is 15.3. The molecule has 0 aliphatic carbocycles. The molecule has 29 heavy (non-hydrogen) atoms. The van der Waals surface area contributed by atoms with Crippen molar-refractivity contribution < 1.29 is 14.9 Å². The van der Waals surface area contributed by atoms with Crippen LogP contribution < -0.4 is 5.32 Å². The van der Waals surface area contributed by atoms with Crippen molar-refractivity contribution in [3.63, 3.8) is 0 Å². The molecule has 5 unspecified atom stereocenters. The largest absolute Gasteiger partial charge is 0.393 e. The van der Waals surface area contributed by atoms with Gasteiger partial charge in [0.1, 0.15) is 5.72 Å². The van der Waals surface area contributed by atoms with Crippen molar-refractivity contribution in [2.75, 3.05) is 6.61 Å². The second-order valence-electron chi connectivity index (χ2n) is 10.1. The number of nitrogens with one attached hydrogen (secondary N) is 1. The van der Waals surface area contributed by atoms with Crippen LogP contribution in [0.3, 0.4) is 0 Å². The molecule has 0 aromatic rings. The van der Waals surface area contributed by atoms with Gasteiger partial charge >= 0.3 is 0 Å². The maximum absolute atomic E-state index is 10.5. The van der Waals surface area contributed by atoms with Crippen LogP contribution in [-0.4, -0.2) is 40.8 Å². The van der Waals surface area contributed by atoms with Crippen LogP contribution in [0.15, 0.2) is 23.3 Å². The Balaban J connectivity index is 2.20. The smallest absolute Gasteiger partial charge is 0.114 e. The molecule has 1 saturated heterocycles. The average molecular weight is 410 g/mol. The maximum Gasteiger partial charge on any atom is 0.114 e. The van der Waals surface area contributed by atoms with Gasteiger partial charge in [0.2, 0.25) is 0 Å². The summed E-state index contributed by atoms with van der Waals surface area (Å²) in [4.78, 5) is 0. The Labute approximate surface area is 179 Å². The lowest BCUT2D eigenvalue weighted by atomic mass is 9.93. The Morgan fingerprint density at radius 3 is 2.41 bits per heavy atom. The van der Waals surface area contributed by atoms with Crippen molar-refractivity contribution in [1.29, 1.82) is 0 Å². The third kappa shape index (κ3) is 11.3. The number of aliphatic hydroxyl groups is 2. The molecule has 1 heterocycles. The third-order valence-corrected chi connectivity index (χ3v) is 6.07. The second-order valence-corrected chi connectivity index (χ2v) is 10.1. The Morgan fingerprint density at radius 2 is 1.83 bits per heavy atom. The number of allylic oxidation sites excluding steroid dienone is 3. The number of rotatable bonds is 13. The van der Waals surface area contributed by atoms with Gasteiger partial charge in [0.05, 0.1) is 24.9 Å². The minimum atomic E-state index is -0.351. The molecule has 0 radical (unpaired) electrons. The van der Waals surface area contributed by atoms with Crippen LogP contribution in [0.1, 0.15) is 93.4 Å². The summed E-state index contributed by atoms with van der Waals surface area (Å²) in [5, 5.41) is 24.0. The third-order valence-electron chi connectivity index (χ3n) is 6.07. The fourth-order valence-corrected chi connectivity index (χ4v) is 3.93. The molecule has 0 saturated carbocycles. The fourth-order valence-electron chi connectivity index (χ4n) is 3.93. The van der Waals surface area contributed by atoms with Crippen molar-refractivity contribution in [2.45, 2.75) is 117 Å². The van der Waals surface area contributed by atoms with Gasteiger partial charge in [-0.2, -0.15) is 0 Å². The van der Waals surface area contributed by atoms with Gasteiger partial charge < -0.3 is 14.9 Å². The molecule has 1 aliphatic rings. The second kappa shape index (κ2) is 12.9. The van der Waals surface area contributed by atoms with E-state index >= 15 is 0 Å². The highest BCUT2D eigenvalue weighted by Gasteiger charge is 2.35. The molecule has 1 rings (SSSR count). The maximum atomic E-state index is 10.5. The summed E-state index contributed by atoms with van der Waals surface area (Å²) in [6, 6.07) is 0.0406. The SMILES string of the molecule is CC(C)=CCC(O)C(C)CCCC(C)=CCCC(C)CC(O)C1COC(C)(C)N1. The molecule has 0 spiro atoms. The van der Waals surface area contributed by atoms with Gasteiger partial charge in [0.25, 0.3) is 0 Å². The van der Waals surface area contributed by atoms with Crippen LogP contribution in [0.25, 0.3) is 0 Å². The van der Waals surface area contributed by atoms with E-state index in [1.807, 2.05) is 13.8 Å². The number of hydrogen-bond acceptors (Lipinski definition) is 4. The van der Waals surface area contributed by atoms with Crippen molar-refractivity contribution in [2.24, 2.45) is 11.8 Å². The lowest BCUT2D eigenvalue weighted by Gasteiger charge is -2.23. The van der Waals surface area contributed by atoms with Crippen molar-refractivity contribution >= 4 is 0 Å². The Kier molecular flexibility index (Phi) is 11.7. The van der Waals surface area contributed by atoms with E-state index in [9.17, 15) is 10.2 Å². The van der Waals surface area contributed by atoms with Crippen LogP contribution in [0.2, 0.25) is 0 Å². The predicted octanol–water partition coefficient (Wildman–Crippen LogP) is 5.35. The van der Waals surface area contributed by atoms with Crippen molar-refractivity contribution in [3.8, 4) is 0 Å². The summed E-state index contributed by atoms with van der Waals surface area (Å²) in [7, 11) is 0. The number of ether oxygens (including phenoxy) is 1. The van der Waals surface area contributed by atoms with Crippen LogP contribution in [-0.2, 0) is 4.74 Å². The highest BCUT2D eigenvalue weighted by atomic mass is 16.5. The van der Waals surface area contributed by atoms with Crippen molar-refractivity contribution in [3.05, 3.63) is 23.3 Å². The zero-order chi connectivity index (χ0) is 22.0. The Hall–Kier alpha value is -0.680. The van der Waals surface area contributed by atoms with Gasteiger partial charge in [-0.05, 0) is 91.4 Å². The summed E-state index contributed by atoms with van der Waals surface area (Å²) in [5.74, 6) is 0.836. The van der Waals surface area contributed by atoms with Crippen molar-refractivity contribution in [1.82, 2.24) is 5.32 Å². The Bertz CT molecular complexity index is 522. The first-order chi connectivity index (χ1) is 13.5. The molecule has 0 bridgehead atoms. The summed E-state index contributed by atoms with van der Waals surface area (Å²) in [5.41, 5.74) is 2.39. The van der Waals surface area contributed by atoms with E-state index in [1.54, 1.807) is 0 Å². The predicted molar refractivity (Wildman–Crippen MR) is 123 cm³/mol. The molecule has 0 aromatic heterocycles. The minimum Gasteiger partial charge on any atom is -0.393 e. The monoisotopic (exact) mass is 409 g/mol. The molecule has 1 aliphatic heterocycles. The standard InChI is InChI=1S/C25H47NO3/c1-18(2)14-15-23(27)21(5)13-9-11-19(3)10-8-12-20(4)16-24(28)22-17-29-25(6,7)26-22/h10,14,20-24,26-28H,8-9,11-13,15-17H2,1-7H3. The normalized spacial score (nSPS) is 23.5. The quantitative estimate of drug-likeness (QED) is 0.359. The molecule has 3 N–H and O–H groups in total. The van der Waals surface area contributed by atoms with E-state index in [1.165, 1.54) is 11.1 Å². The van der Waals surface area contributed by atoms with Gasteiger partial charge in [0.15, 0.2) is 0 Å². The Morgan fingerprint density at radius 1 is 1.14 bits per heavy atom. The first-order valence-corrected chi connectivity index (χ1v) is 11.6. The first-order valence-electron chi connectivity index (χ1n) is 11.6. The molecule has 1 fully saturated rings. The molecule has 0 amide bonds. The topological polar surface area (TPSA) is 61.7 Å². The van der Waals surface area contributed by atoms with E-state index < -0.39 is 0 Å². The zero-order valence-electron chi connectivity index (χ0n) is 20.0. The molecular weight excluding hydrogens is 362 g/mol. The van der Waals surface area contributed by atoms with E-state index in [0.717, 1.165) is 44.9 Å². The summed E-state index contributed by atoms with van der Waals surface area (Å²) in [6.07, 6.45) is 11.0. The lowest BCUT2D eigenvalue weighted by Crippen LogP contribution is -2.44. The highest BCUT2D eigenvalue weighted by Crippen LogP contribution is 2.22. The molecule has 5 atom stereocenters. The molecule has 170 valence electrons. The highest BCUT2D eigenvalue weighted by molar-refractivity contribution is 4.98. The lowest BCUT2D eigenvalue weighted by molar-refractivity contribution is 0.0224. The van der Waals surface area contributed by atoms with Gasteiger partial charge in [0, 0.05) is 0 Å². The van der Waals surface area contributed by atoms with Gasteiger partial charge in [-0.15, -0.1) is 0 Å². The van der Waals surface area contributed by atoms with E-state index in [2.05, 4.69) is 52.1 Å². The zero-order valence-corrected chi connectivity index (χ0v) is 20.0. The summed E-state index contributed by atoms with van der Waals surface area (Å²) >= 11 is 0. The number of aliphatic hydroxyl groups excluding tert-OH is 2. The first kappa shape index (κ1) is 26.4. The van der Waals surface area contributed by atoms with Gasteiger partial charge in [-0.25, -0.2) is 0 Å². The number of hydrogen-bond donors (Lipinski definition) is 3. The minimum absolute atomic E-state index is 0.0406. The van der Waals surface area contributed by atoms with E-state index in [4.69, 9.17) is 4.74 Å². The van der Waals surface area contributed by atoms with Gasteiger partial charge in [-0.3, -0.25) is 5.32 Å². The van der Waals surface area contributed by atoms with Crippen LogP contribution in [0, 0.1) is 11.8 Å². The fraction of sp³-hybridized carbons (Fsp3) is 0.840. The molecule has 4 nitrogen and oxygen atoms in total. The molecular formula is C25H47NO3. The summed E-state index contributed by atoms with van der Waals surface area (Å²) < 4.78 is 5.66. The van der Waals surface area contributed by atoms with Crippen LogP contribution >= 0.6 is 0 Å². The van der Waals surface area contributed by atoms with Crippen LogP contribution in [0.5, 0.6) is 0 Å². The van der Waals surface area contributed by atoms with Gasteiger partial charge in [-0.1, -0.05) is 37.1 Å².